The number of hydrogen-bond acceptors (Lipinski definition) is 3. The van der Waals surface area contributed by atoms with Crippen LogP contribution in [0.3, 0.4) is 0 Å². The fraction of sp³-hybridized carbons (Fsp3) is 0.385. The molecular formula is C13H17O3P. The van der Waals surface area contributed by atoms with Gasteiger partial charge in [0, 0.05) is 5.30 Å². The molecule has 0 amide bonds. The van der Waals surface area contributed by atoms with Crippen molar-refractivity contribution in [2.45, 2.75) is 34.6 Å². The van der Waals surface area contributed by atoms with E-state index in [4.69, 9.17) is 0 Å². The summed E-state index contributed by atoms with van der Waals surface area (Å²) in [6, 6.07) is 0.590. The van der Waals surface area contributed by atoms with Gasteiger partial charge in [-0.3, -0.25) is 9.59 Å². The fourth-order valence-corrected chi connectivity index (χ4v) is 3.78. The van der Waals surface area contributed by atoms with Gasteiger partial charge in [-0.15, -0.1) is 0 Å². The van der Waals surface area contributed by atoms with E-state index < -0.39 is 7.14 Å². The molecule has 0 unspecified atom stereocenters. The lowest BCUT2D eigenvalue weighted by Crippen LogP contribution is -2.18. The molecule has 17 heavy (non-hydrogen) atoms. The number of rotatable bonds is 3. The summed E-state index contributed by atoms with van der Waals surface area (Å²) in [6.07, 6.45) is 0. The standard InChI is InChI=1S/C13H17O3P/c1-8-9(2)11(4)13(12(5)10(8)3)17(16,6-14)7-15/h6-7H,1-5H3. The van der Waals surface area contributed by atoms with Crippen molar-refractivity contribution in [2.75, 3.05) is 0 Å². The van der Waals surface area contributed by atoms with E-state index in [0.29, 0.717) is 17.4 Å². The van der Waals surface area contributed by atoms with Crippen LogP contribution < -0.4 is 5.30 Å². The van der Waals surface area contributed by atoms with E-state index >= 15 is 0 Å². The minimum Gasteiger partial charge on any atom is -0.303 e. The lowest BCUT2D eigenvalue weighted by Gasteiger charge is -2.19. The van der Waals surface area contributed by atoms with E-state index in [9.17, 15) is 14.2 Å². The lowest BCUT2D eigenvalue weighted by atomic mass is 9.95. The normalized spacial score (nSPS) is 11.4. The maximum atomic E-state index is 12.3. The molecule has 0 N–H and O–H groups in total. The van der Waals surface area contributed by atoms with Crippen molar-refractivity contribution in [3.63, 3.8) is 0 Å². The molecule has 0 saturated carbocycles. The largest absolute Gasteiger partial charge is 0.303 e. The first-order chi connectivity index (χ1) is 7.80. The third kappa shape index (κ3) is 2.00. The highest BCUT2D eigenvalue weighted by Gasteiger charge is 2.29. The Morgan fingerprint density at radius 1 is 0.706 bits per heavy atom. The maximum absolute atomic E-state index is 12.3. The van der Waals surface area contributed by atoms with Gasteiger partial charge < -0.3 is 4.57 Å². The van der Waals surface area contributed by atoms with E-state index in [0.717, 1.165) is 27.8 Å². The van der Waals surface area contributed by atoms with Crippen LogP contribution in [0.2, 0.25) is 0 Å². The molecule has 1 rings (SSSR count). The molecule has 0 spiro atoms. The van der Waals surface area contributed by atoms with Gasteiger partial charge in [-0.25, -0.2) is 0 Å². The van der Waals surface area contributed by atoms with Gasteiger partial charge in [0.1, 0.15) is 0 Å². The highest BCUT2D eigenvalue weighted by atomic mass is 31.2. The summed E-state index contributed by atoms with van der Waals surface area (Å²) < 4.78 is 12.3. The van der Waals surface area contributed by atoms with Crippen LogP contribution in [0.5, 0.6) is 0 Å². The molecule has 1 aromatic carbocycles. The molecule has 4 heteroatoms. The average Bonchev–Trinajstić information content (AvgIpc) is 2.33. The maximum Gasteiger partial charge on any atom is 0.233 e. The fourth-order valence-electron chi connectivity index (χ4n) is 2.13. The second kappa shape index (κ2) is 4.58. The summed E-state index contributed by atoms with van der Waals surface area (Å²) in [5, 5.41) is 0.420. The zero-order chi connectivity index (χ0) is 13.4. The summed E-state index contributed by atoms with van der Waals surface area (Å²) in [6.45, 7) is 9.44. The summed E-state index contributed by atoms with van der Waals surface area (Å²) in [5.41, 5.74) is 4.67. The monoisotopic (exact) mass is 252 g/mol. The zero-order valence-corrected chi connectivity index (χ0v) is 11.7. The first-order valence-electron chi connectivity index (χ1n) is 5.39. The van der Waals surface area contributed by atoms with E-state index in [1.165, 1.54) is 0 Å². The molecule has 92 valence electrons. The van der Waals surface area contributed by atoms with Crippen LogP contribution >= 0.6 is 7.14 Å². The summed E-state index contributed by atoms with van der Waals surface area (Å²) >= 11 is 0. The topological polar surface area (TPSA) is 51.2 Å². The van der Waals surface area contributed by atoms with Crippen molar-refractivity contribution in [3.05, 3.63) is 27.8 Å². The van der Waals surface area contributed by atoms with E-state index in [1.54, 1.807) is 0 Å². The van der Waals surface area contributed by atoms with Gasteiger partial charge in [-0.1, -0.05) is 0 Å². The lowest BCUT2D eigenvalue weighted by molar-refractivity contribution is 0.548. The highest BCUT2D eigenvalue weighted by Crippen LogP contribution is 2.41. The van der Waals surface area contributed by atoms with Crippen molar-refractivity contribution >= 4 is 24.5 Å². The highest BCUT2D eigenvalue weighted by molar-refractivity contribution is 7.96. The van der Waals surface area contributed by atoms with Gasteiger partial charge in [0.2, 0.25) is 7.14 Å². The van der Waals surface area contributed by atoms with Crippen LogP contribution in [0.25, 0.3) is 0 Å². The number of carbonyl (C=O) groups excluding carboxylic acids is 2. The minimum atomic E-state index is -3.54. The number of carbonyl (C=O) groups is 2. The molecule has 0 aliphatic rings. The Bertz CT molecular complexity index is 503. The smallest absolute Gasteiger partial charge is 0.233 e. The molecule has 0 radical (unpaired) electrons. The van der Waals surface area contributed by atoms with Crippen molar-refractivity contribution in [2.24, 2.45) is 0 Å². The van der Waals surface area contributed by atoms with Gasteiger partial charge in [0.05, 0.1) is 0 Å². The van der Waals surface area contributed by atoms with Crippen molar-refractivity contribution < 1.29 is 14.2 Å². The first-order valence-corrected chi connectivity index (χ1v) is 7.24. The quantitative estimate of drug-likeness (QED) is 0.613. The Labute approximate surface area is 102 Å². The molecular weight excluding hydrogens is 235 g/mol. The van der Waals surface area contributed by atoms with Crippen molar-refractivity contribution in [1.82, 2.24) is 0 Å². The molecule has 0 fully saturated rings. The van der Waals surface area contributed by atoms with Gasteiger partial charge in [-0.05, 0) is 62.4 Å². The molecule has 0 aromatic heterocycles. The van der Waals surface area contributed by atoms with Crippen LogP contribution in [0.4, 0.5) is 0 Å². The Hall–Kier alpha value is -1.21. The van der Waals surface area contributed by atoms with Gasteiger partial charge in [0.25, 0.3) is 0 Å². The Morgan fingerprint density at radius 3 is 1.29 bits per heavy atom. The van der Waals surface area contributed by atoms with Crippen molar-refractivity contribution in [3.8, 4) is 0 Å². The van der Waals surface area contributed by atoms with Crippen LogP contribution in [0, 0.1) is 34.6 Å². The number of benzene rings is 1. The van der Waals surface area contributed by atoms with Crippen molar-refractivity contribution in [1.29, 1.82) is 0 Å². The van der Waals surface area contributed by atoms with Crippen LogP contribution in [0.1, 0.15) is 27.8 Å². The van der Waals surface area contributed by atoms with Gasteiger partial charge >= 0.3 is 0 Å². The average molecular weight is 252 g/mol. The molecule has 0 heterocycles. The second-order valence-corrected chi connectivity index (χ2v) is 6.68. The number of hydrogen-bond donors (Lipinski definition) is 0. The van der Waals surface area contributed by atoms with E-state index in [-0.39, 0.29) is 0 Å². The summed E-state index contributed by atoms with van der Waals surface area (Å²) in [5.74, 6) is 0. The van der Waals surface area contributed by atoms with Gasteiger partial charge in [0.15, 0.2) is 12.1 Å². The molecule has 0 atom stereocenters. The minimum absolute atomic E-state index is 0.295. The SMILES string of the molecule is Cc1c(C)c(C)c(P(=O)(C=O)C=O)c(C)c1C. The molecule has 0 bridgehead atoms. The third-order valence-corrected chi connectivity index (χ3v) is 5.62. The second-order valence-electron chi connectivity index (χ2n) is 4.39. The summed E-state index contributed by atoms with van der Waals surface area (Å²) in [4.78, 5) is 22.0. The third-order valence-electron chi connectivity index (χ3n) is 3.62. The Morgan fingerprint density at radius 2 is 1.00 bits per heavy atom. The Balaban J connectivity index is 3.84. The van der Waals surface area contributed by atoms with Crippen LogP contribution in [-0.2, 0) is 14.2 Å². The molecule has 1 aromatic rings. The molecule has 0 aliphatic heterocycles. The van der Waals surface area contributed by atoms with Gasteiger partial charge in [-0.2, -0.15) is 0 Å². The van der Waals surface area contributed by atoms with E-state index in [2.05, 4.69) is 0 Å². The molecule has 0 saturated heterocycles. The molecule has 3 nitrogen and oxygen atoms in total. The Kier molecular flexibility index (Phi) is 3.73. The summed E-state index contributed by atoms with van der Waals surface area (Å²) in [7, 11) is -3.54. The van der Waals surface area contributed by atoms with Crippen LogP contribution in [0.15, 0.2) is 0 Å². The van der Waals surface area contributed by atoms with E-state index in [1.807, 2.05) is 34.6 Å². The first kappa shape index (κ1) is 13.9. The predicted molar refractivity (Wildman–Crippen MR) is 70.9 cm³/mol. The predicted octanol–water partition coefficient (Wildman–Crippen LogP) is 2.60. The van der Waals surface area contributed by atoms with Crippen LogP contribution in [-0.4, -0.2) is 12.1 Å². The zero-order valence-electron chi connectivity index (χ0n) is 10.8. The molecule has 0 aliphatic carbocycles.